The molecule has 1 heterocycles. The van der Waals surface area contributed by atoms with Gasteiger partial charge in [0.15, 0.2) is 6.29 Å². The molecule has 2 aliphatic rings. The third kappa shape index (κ3) is 8.25. The Morgan fingerprint density at radius 1 is 1.23 bits per heavy atom. The molecule has 1 saturated heterocycles. The fourth-order valence-corrected chi connectivity index (χ4v) is 5.01. The van der Waals surface area contributed by atoms with Crippen LogP contribution in [0.4, 0.5) is 0 Å². The van der Waals surface area contributed by atoms with Crippen molar-refractivity contribution < 1.29 is 9.84 Å². The molecule has 4 heteroatoms. The van der Waals surface area contributed by atoms with Crippen molar-refractivity contribution in [2.75, 3.05) is 6.54 Å². The van der Waals surface area contributed by atoms with Crippen molar-refractivity contribution in [1.29, 1.82) is 0 Å². The number of nitrogens with one attached hydrogen (secondary N) is 1. The van der Waals surface area contributed by atoms with E-state index in [1.807, 2.05) is 0 Å². The number of aliphatic hydroxyl groups is 1. The van der Waals surface area contributed by atoms with Crippen molar-refractivity contribution in [1.82, 2.24) is 5.32 Å². The van der Waals surface area contributed by atoms with Crippen LogP contribution < -0.4 is 11.1 Å². The topological polar surface area (TPSA) is 67.5 Å². The second-order valence-corrected chi connectivity index (χ2v) is 10.4. The van der Waals surface area contributed by atoms with E-state index in [-0.39, 0.29) is 11.5 Å². The van der Waals surface area contributed by atoms with Gasteiger partial charge in [-0.2, -0.15) is 0 Å². The summed E-state index contributed by atoms with van der Waals surface area (Å²) in [7, 11) is 0. The Balaban J connectivity index is 1.86. The summed E-state index contributed by atoms with van der Waals surface area (Å²) in [6, 6.07) is 0.511. The lowest BCUT2D eigenvalue weighted by molar-refractivity contribution is -0.179. The van der Waals surface area contributed by atoms with E-state index < -0.39 is 6.29 Å². The molecule has 7 unspecified atom stereocenters. The Kier molecular flexibility index (Phi) is 10.1. The number of nitrogens with two attached hydrogens (primary N) is 1. The SMILES string of the molecule is C=C(/C=C\CC)NC1CC(C)C(C/C=C(C)/C=C/C2CC(C)(CN)CC(O)O2)CC1C. The Morgan fingerprint density at radius 2 is 1.97 bits per heavy atom. The normalized spacial score (nSPS) is 37.5. The van der Waals surface area contributed by atoms with Gasteiger partial charge >= 0.3 is 0 Å². The molecule has 2 rings (SSSR count). The quantitative estimate of drug-likeness (QED) is 0.425. The molecule has 0 spiro atoms. The molecular formula is C27H46N2O2. The van der Waals surface area contributed by atoms with Crippen molar-refractivity contribution in [3.63, 3.8) is 0 Å². The van der Waals surface area contributed by atoms with Crippen LogP contribution in [0.3, 0.4) is 0 Å². The molecule has 4 N–H and O–H groups in total. The lowest BCUT2D eigenvalue weighted by Gasteiger charge is -2.39. The molecule has 7 atom stereocenters. The summed E-state index contributed by atoms with van der Waals surface area (Å²) in [4.78, 5) is 0. The molecule has 0 amide bonds. The van der Waals surface area contributed by atoms with Crippen molar-refractivity contribution in [3.05, 3.63) is 48.2 Å². The van der Waals surface area contributed by atoms with Crippen LogP contribution in [0, 0.1) is 23.2 Å². The average Bonchev–Trinajstić information content (AvgIpc) is 2.71. The molecule has 1 saturated carbocycles. The van der Waals surface area contributed by atoms with Gasteiger partial charge in [-0.1, -0.05) is 64.2 Å². The highest BCUT2D eigenvalue weighted by molar-refractivity contribution is 5.18. The molecule has 4 nitrogen and oxygen atoms in total. The highest BCUT2D eigenvalue weighted by atomic mass is 16.6. The molecule has 1 aliphatic heterocycles. The van der Waals surface area contributed by atoms with Gasteiger partial charge in [0, 0.05) is 18.2 Å². The average molecular weight is 431 g/mol. The Labute approximate surface area is 190 Å². The maximum Gasteiger partial charge on any atom is 0.155 e. The summed E-state index contributed by atoms with van der Waals surface area (Å²) in [5, 5.41) is 13.7. The zero-order chi connectivity index (χ0) is 23.0. The van der Waals surface area contributed by atoms with E-state index in [0.29, 0.717) is 36.8 Å². The fraction of sp³-hybridized carbons (Fsp3) is 0.704. The number of hydrogen-bond donors (Lipinski definition) is 3. The number of aliphatic hydroxyl groups excluding tert-OH is 1. The summed E-state index contributed by atoms with van der Waals surface area (Å²) in [5.74, 6) is 2.04. The summed E-state index contributed by atoms with van der Waals surface area (Å²) >= 11 is 0. The van der Waals surface area contributed by atoms with E-state index in [4.69, 9.17) is 10.5 Å². The van der Waals surface area contributed by atoms with Gasteiger partial charge in [0.25, 0.3) is 0 Å². The third-order valence-corrected chi connectivity index (χ3v) is 7.22. The first-order valence-electron chi connectivity index (χ1n) is 12.2. The van der Waals surface area contributed by atoms with Gasteiger partial charge in [-0.05, 0) is 74.8 Å². The highest BCUT2D eigenvalue weighted by Gasteiger charge is 2.35. The van der Waals surface area contributed by atoms with Gasteiger partial charge in [-0.25, -0.2) is 0 Å². The zero-order valence-electron chi connectivity index (χ0n) is 20.4. The molecule has 31 heavy (non-hydrogen) atoms. The number of ether oxygens (including phenoxy) is 1. The van der Waals surface area contributed by atoms with E-state index in [1.54, 1.807) is 0 Å². The fourth-order valence-electron chi connectivity index (χ4n) is 5.01. The van der Waals surface area contributed by atoms with E-state index in [0.717, 1.165) is 25.0 Å². The molecular weight excluding hydrogens is 384 g/mol. The third-order valence-electron chi connectivity index (χ3n) is 7.22. The summed E-state index contributed by atoms with van der Waals surface area (Å²) in [6.45, 7) is 15.9. The van der Waals surface area contributed by atoms with Crippen LogP contribution in [0.25, 0.3) is 0 Å². The standard InChI is InChI=1S/C27H46N2O2/c1-7-8-9-22(5)29-25-15-20(3)23(14-21(25)4)12-10-19(2)11-13-24-16-27(6,18-28)17-26(30)31-24/h8-11,13,20-21,23-26,29-30H,5,7,12,14-18,28H2,1-4,6H3/b9-8-,13-11+,19-10+. The minimum Gasteiger partial charge on any atom is -0.383 e. The molecule has 1 aliphatic carbocycles. The Bertz CT molecular complexity index is 668. The van der Waals surface area contributed by atoms with E-state index in [9.17, 15) is 5.11 Å². The number of hydrogen-bond acceptors (Lipinski definition) is 4. The highest BCUT2D eigenvalue weighted by Crippen LogP contribution is 2.37. The molecule has 176 valence electrons. The second kappa shape index (κ2) is 12.0. The van der Waals surface area contributed by atoms with Gasteiger partial charge in [0.1, 0.15) is 0 Å². The monoisotopic (exact) mass is 430 g/mol. The largest absolute Gasteiger partial charge is 0.383 e. The van der Waals surface area contributed by atoms with Gasteiger partial charge in [-0.15, -0.1) is 0 Å². The Morgan fingerprint density at radius 3 is 2.65 bits per heavy atom. The summed E-state index contributed by atoms with van der Waals surface area (Å²) in [5.41, 5.74) is 8.15. The first kappa shape index (κ1) is 25.9. The lowest BCUT2D eigenvalue weighted by Crippen LogP contribution is -2.42. The van der Waals surface area contributed by atoms with Crippen LogP contribution >= 0.6 is 0 Å². The Hall–Kier alpha value is -1.36. The van der Waals surface area contributed by atoms with Crippen molar-refractivity contribution in [2.45, 2.75) is 91.6 Å². The first-order chi connectivity index (χ1) is 14.7. The van der Waals surface area contributed by atoms with Crippen molar-refractivity contribution >= 4 is 0 Å². The minimum absolute atomic E-state index is 0.0554. The maximum atomic E-state index is 10.0. The van der Waals surface area contributed by atoms with E-state index in [1.165, 1.54) is 18.4 Å². The number of allylic oxidation sites excluding steroid dienone is 5. The van der Waals surface area contributed by atoms with Crippen LogP contribution in [-0.2, 0) is 4.74 Å². The molecule has 0 radical (unpaired) electrons. The van der Waals surface area contributed by atoms with Crippen LogP contribution in [0.2, 0.25) is 0 Å². The van der Waals surface area contributed by atoms with Gasteiger partial charge in [-0.3, -0.25) is 0 Å². The predicted molar refractivity (Wildman–Crippen MR) is 131 cm³/mol. The van der Waals surface area contributed by atoms with Crippen LogP contribution in [-0.4, -0.2) is 30.1 Å². The van der Waals surface area contributed by atoms with Gasteiger partial charge in [0.05, 0.1) is 6.10 Å². The molecule has 0 aromatic carbocycles. The smallest absolute Gasteiger partial charge is 0.155 e. The summed E-state index contributed by atoms with van der Waals surface area (Å²) < 4.78 is 5.69. The molecule has 0 aromatic heterocycles. The maximum absolute atomic E-state index is 10.0. The van der Waals surface area contributed by atoms with Crippen LogP contribution in [0.5, 0.6) is 0 Å². The van der Waals surface area contributed by atoms with E-state index in [2.05, 4.69) is 76.9 Å². The summed E-state index contributed by atoms with van der Waals surface area (Å²) in [6.07, 6.45) is 16.1. The van der Waals surface area contributed by atoms with Gasteiger partial charge < -0.3 is 20.9 Å². The zero-order valence-corrected chi connectivity index (χ0v) is 20.4. The predicted octanol–water partition coefficient (Wildman–Crippen LogP) is 5.46. The van der Waals surface area contributed by atoms with E-state index >= 15 is 0 Å². The molecule has 2 fully saturated rings. The second-order valence-electron chi connectivity index (χ2n) is 10.4. The van der Waals surface area contributed by atoms with Gasteiger partial charge in [0.2, 0.25) is 0 Å². The minimum atomic E-state index is -0.721. The van der Waals surface area contributed by atoms with Crippen molar-refractivity contribution in [3.8, 4) is 0 Å². The first-order valence-corrected chi connectivity index (χ1v) is 12.2. The molecule has 0 bridgehead atoms. The van der Waals surface area contributed by atoms with Crippen molar-refractivity contribution in [2.24, 2.45) is 28.9 Å². The van der Waals surface area contributed by atoms with Crippen LogP contribution in [0.1, 0.15) is 73.1 Å². The van der Waals surface area contributed by atoms with Crippen LogP contribution in [0.15, 0.2) is 48.2 Å². The molecule has 0 aromatic rings. The number of rotatable bonds is 9. The lowest BCUT2D eigenvalue weighted by atomic mass is 9.71.